The lowest BCUT2D eigenvalue weighted by Gasteiger charge is -2.14. The summed E-state index contributed by atoms with van der Waals surface area (Å²) in [5.74, 6) is -0.825. The summed E-state index contributed by atoms with van der Waals surface area (Å²) >= 11 is 0. The average Bonchev–Trinajstić information content (AvgIpc) is 2.72. The Morgan fingerprint density at radius 1 is 1.09 bits per heavy atom. The van der Waals surface area contributed by atoms with Gasteiger partial charge in [0.1, 0.15) is 5.69 Å². The van der Waals surface area contributed by atoms with E-state index in [9.17, 15) is 28.1 Å². The highest BCUT2D eigenvalue weighted by Gasteiger charge is 2.20. The Morgan fingerprint density at radius 3 is 2.25 bits per heavy atom. The third-order valence-corrected chi connectivity index (χ3v) is 5.14. The Balaban J connectivity index is 2.13. The molecular weight excluding hydrogens is 446 g/mol. The molecule has 0 spiro atoms. The van der Waals surface area contributed by atoms with Crippen LogP contribution in [0.5, 0.6) is 11.5 Å². The number of methoxy groups -OCH3 is 2. The number of nitro groups is 1. The average molecular weight is 467 g/mol. The number of sulfonamides is 1. The second-order valence-corrected chi connectivity index (χ2v) is 7.88. The van der Waals surface area contributed by atoms with Gasteiger partial charge in [0.2, 0.25) is 15.9 Å². The number of nitrogens with one attached hydrogen (secondary N) is 2. The predicted octanol–water partition coefficient (Wildman–Crippen LogP) is 0.799. The molecule has 2 aromatic rings. The van der Waals surface area contributed by atoms with E-state index in [1.807, 2.05) is 0 Å². The molecule has 0 aromatic heterocycles. The van der Waals surface area contributed by atoms with Gasteiger partial charge in [-0.15, -0.1) is 0 Å². The van der Waals surface area contributed by atoms with Crippen LogP contribution in [0, 0.1) is 10.1 Å². The molecule has 0 fully saturated rings. The Bertz CT molecular complexity index is 1170. The van der Waals surface area contributed by atoms with Gasteiger partial charge in [0.05, 0.1) is 35.3 Å². The van der Waals surface area contributed by atoms with Gasteiger partial charge < -0.3 is 25.8 Å². The van der Waals surface area contributed by atoms with Crippen LogP contribution in [0.2, 0.25) is 0 Å². The van der Waals surface area contributed by atoms with Gasteiger partial charge in [-0.2, -0.15) is 0 Å². The zero-order valence-corrected chi connectivity index (χ0v) is 17.9. The molecule has 14 heteroatoms. The number of hydrogen-bond donors (Lipinski definition) is 4. The van der Waals surface area contributed by atoms with Crippen LogP contribution in [0.1, 0.15) is 16.8 Å². The smallest absolute Gasteiger partial charge is 0.293 e. The van der Waals surface area contributed by atoms with E-state index < -0.39 is 37.3 Å². The molecule has 172 valence electrons. The van der Waals surface area contributed by atoms with Crippen molar-refractivity contribution in [1.29, 1.82) is 0 Å². The first-order valence-corrected chi connectivity index (χ1v) is 10.4. The highest BCUT2D eigenvalue weighted by Crippen LogP contribution is 2.33. The number of nitrogens with two attached hydrogens (primary N) is 2. The summed E-state index contributed by atoms with van der Waals surface area (Å²) in [4.78, 5) is 34.1. The van der Waals surface area contributed by atoms with E-state index in [2.05, 4.69) is 10.6 Å². The Hall–Kier alpha value is -3.91. The van der Waals surface area contributed by atoms with Crippen LogP contribution in [0.4, 0.5) is 17.1 Å². The van der Waals surface area contributed by atoms with Gasteiger partial charge in [-0.25, -0.2) is 13.6 Å². The van der Waals surface area contributed by atoms with Gasteiger partial charge in [-0.1, -0.05) is 0 Å². The highest BCUT2D eigenvalue weighted by molar-refractivity contribution is 7.89. The predicted molar refractivity (Wildman–Crippen MR) is 114 cm³/mol. The van der Waals surface area contributed by atoms with Crippen molar-refractivity contribution in [3.8, 4) is 11.5 Å². The van der Waals surface area contributed by atoms with Crippen LogP contribution >= 0.6 is 0 Å². The fourth-order valence-electron chi connectivity index (χ4n) is 2.70. The lowest BCUT2D eigenvalue weighted by molar-refractivity contribution is -0.384. The van der Waals surface area contributed by atoms with Crippen molar-refractivity contribution in [2.75, 3.05) is 31.4 Å². The summed E-state index contributed by atoms with van der Waals surface area (Å²) in [7, 11) is -1.36. The Labute approximate surface area is 182 Å². The summed E-state index contributed by atoms with van der Waals surface area (Å²) in [6.07, 6.45) is -0.152. The van der Waals surface area contributed by atoms with E-state index in [-0.39, 0.29) is 41.4 Å². The molecule has 0 aliphatic carbocycles. The fraction of sp³-hybridized carbons (Fsp3) is 0.222. The number of nitro benzene ring substituents is 1. The molecule has 0 saturated heterocycles. The molecule has 32 heavy (non-hydrogen) atoms. The maximum Gasteiger partial charge on any atom is 0.293 e. The van der Waals surface area contributed by atoms with E-state index in [0.717, 1.165) is 12.1 Å². The van der Waals surface area contributed by atoms with Gasteiger partial charge in [0, 0.05) is 25.1 Å². The second-order valence-electron chi connectivity index (χ2n) is 6.32. The van der Waals surface area contributed by atoms with Crippen molar-refractivity contribution < 1.29 is 32.4 Å². The Morgan fingerprint density at radius 2 is 1.72 bits per heavy atom. The van der Waals surface area contributed by atoms with Crippen molar-refractivity contribution in [2.45, 2.75) is 11.3 Å². The van der Waals surface area contributed by atoms with E-state index in [0.29, 0.717) is 0 Å². The van der Waals surface area contributed by atoms with Crippen molar-refractivity contribution in [3.63, 3.8) is 0 Å². The summed E-state index contributed by atoms with van der Waals surface area (Å²) in [5, 5.41) is 21.4. The second kappa shape index (κ2) is 9.93. The monoisotopic (exact) mass is 467 g/mol. The van der Waals surface area contributed by atoms with Gasteiger partial charge in [-0.3, -0.25) is 19.7 Å². The van der Waals surface area contributed by atoms with Gasteiger partial charge in [-0.05, 0) is 18.2 Å². The molecule has 0 bridgehead atoms. The third-order valence-electron chi connectivity index (χ3n) is 4.23. The van der Waals surface area contributed by atoms with Gasteiger partial charge in [0.25, 0.3) is 11.6 Å². The van der Waals surface area contributed by atoms with E-state index in [4.69, 9.17) is 20.3 Å². The quantitative estimate of drug-likeness (QED) is 0.287. The van der Waals surface area contributed by atoms with Crippen molar-refractivity contribution in [3.05, 3.63) is 46.0 Å². The van der Waals surface area contributed by atoms with E-state index >= 15 is 0 Å². The number of carbonyl (C=O) groups is 2. The Kier molecular flexibility index (Phi) is 7.56. The number of hydrogen-bond acceptors (Lipinski definition) is 9. The molecule has 0 unspecified atom stereocenters. The number of primary sulfonamides is 1. The zero-order chi connectivity index (χ0) is 24.1. The summed E-state index contributed by atoms with van der Waals surface area (Å²) in [6, 6.07) is 5.80. The molecule has 0 heterocycles. The fourth-order valence-corrected chi connectivity index (χ4v) is 3.23. The highest BCUT2D eigenvalue weighted by atomic mass is 32.2. The van der Waals surface area contributed by atoms with E-state index in [1.54, 1.807) is 0 Å². The first-order chi connectivity index (χ1) is 15.0. The molecule has 0 aliphatic heterocycles. The number of anilines is 2. The molecule has 2 aromatic carbocycles. The standard InChI is InChI=1S/C18H21N5O8S/c1-30-15-8-11(18(19)25)13(9-16(15)31-2)22-17(24)5-6-21-12-4-3-10(32(20,28)29)7-14(12)23(26)27/h3-4,7-9,21H,5-6H2,1-2H3,(H2,19,25)(H,22,24)(H2,20,28,29). The molecule has 0 aliphatic rings. The maximum absolute atomic E-state index is 12.3. The van der Waals surface area contributed by atoms with Crippen molar-refractivity contribution in [1.82, 2.24) is 0 Å². The van der Waals surface area contributed by atoms with Crippen LogP contribution < -0.4 is 31.0 Å². The van der Waals surface area contributed by atoms with Crippen LogP contribution in [-0.4, -0.2) is 45.9 Å². The molecule has 13 nitrogen and oxygen atoms in total. The molecule has 6 N–H and O–H groups in total. The minimum Gasteiger partial charge on any atom is -0.493 e. The largest absolute Gasteiger partial charge is 0.493 e. The number of amides is 2. The summed E-state index contributed by atoms with van der Waals surface area (Å²) in [6.45, 7) is -0.0411. The topological polar surface area (TPSA) is 206 Å². The van der Waals surface area contributed by atoms with E-state index in [1.165, 1.54) is 32.4 Å². The molecule has 2 amide bonds. The first-order valence-electron chi connectivity index (χ1n) is 8.88. The first kappa shape index (κ1) is 24.4. The lowest BCUT2D eigenvalue weighted by Crippen LogP contribution is -2.20. The number of benzene rings is 2. The van der Waals surface area contributed by atoms with Crippen LogP contribution in [-0.2, 0) is 14.8 Å². The van der Waals surface area contributed by atoms with Crippen molar-refractivity contribution in [2.24, 2.45) is 10.9 Å². The summed E-state index contributed by atoms with van der Waals surface area (Å²) < 4.78 is 33.0. The molecule has 0 atom stereocenters. The van der Waals surface area contributed by atoms with Crippen LogP contribution in [0.3, 0.4) is 0 Å². The number of rotatable bonds is 10. The maximum atomic E-state index is 12.3. The SMILES string of the molecule is COc1cc(NC(=O)CCNc2ccc(S(N)(=O)=O)cc2[N+](=O)[O-])c(C(N)=O)cc1OC. The zero-order valence-electron chi connectivity index (χ0n) is 17.1. The summed E-state index contributed by atoms with van der Waals surface area (Å²) in [5.41, 5.74) is 4.93. The molecular formula is C18H21N5O8S. The van der Waals surface area contributed by atoms with Gasteiger partial charge >= 0.3 is 0 Å². The number of ether oxygens (including phenoxy) is 2. The minimum atomic E-state index is -4.12. The molecule has 0 saturated carbocycles. The van der Waals surface area contributed by atoms with Crippen molar-refractivity contribution >= 4 is 38.9 Å². The van der Waals surface area contributed by atoms with Gasteiger partial charge in [0.15, 0.2) is 11.5 Å². The normalized spacial score (nSPS) is 10.8. The third kappa shape index (κ3) is 5.83. The number of nitrogens with zero attached hydrogens (tertiary/aromatic N) is 1. The molecule has 0 radical (unpaired) electrons. The lowest BCUT2D eigenvalue weighted by atomic mass is 10.1. The number of primary amides is 1. The number of carbonyl (C=O) groups excluding carboxylic acids is 2. The minimum absolute atomic E-state index is 0.000795. The molecule has 2 rings (SSSR count). The van der Waals surface area contributed by atoms with Crippen LogP contribution in [0.25, 0.3) is 0 Å². The van der Waals surface area contributed by atoms with Crippen LogP contribution in [0.15, 0.2) is 35.2 Å².